The van der Waals surface area contributed by atoms with E-state index >= 15 is 0 Å². The van der Waals surface area contributed by atoms with Crippen LogP contribution in [0, 0.1) is 10.1 Å². The van der Waals surface area contributed by atoms with E-state index in [1.807, 2.05) is 6.92 Å². The predicted molar refractivity (Wildman–Crippen MR) is 34.8 cm³/mol. The van der Waals surface area contributed by atoms with Crippen LogP contribution in [-0.2, 0) is 0 Å². The molecule has 0 bridgehead atoms. The van der Waals surface area contributed by atoms with Crippen molar-refractivity contribution in [2.75, 3.05) is 13.6 Å². The monoisotopic (exact) mass is 146 g/mol. The highest BCUT2D eigenvalue weighted by Gasteiger charge is 1.96. The summed E-state index contributed by atoms with van der Waals surface area (Å²) in [7, 11) is 1.64. The molecule has 0 aliphatic carbocycles. The summed E-state index contributed by atoms with van der Waals surface area (Å²) in [5, 5.41) is 16.2. The Balaban J connectivity index is 3.55. The van der Waals surface area contributed by atoms with Crippen LogP contribution in [0.3, 0.4) is 0 Å². The third kappa shape index (κ3) is 4.95. The van der Waals surface area contributed by atoms with Crippen molar-refractivity contribution >= 4 is 0 Å². The topological polar surface area (TPSA) is 71.1 Å². The largest absolute Gasteiger partial charge is 0.337 e. The van der Waals surface area contributed by atoms with Gasteiger partial charge in [0.1, 0.15) is 0 Å². The number of nitro groups is 1. The Morgan fingerprint density at radius 3 is 2.70 bits per heavy atom. The van der Waals surface area contributed by atoms with Crippen molar-refractivity contribution in [3.63, 3.8) is 0 Å². The standard InChI is InChI=1S/C4H10N4O2/c1-3-4-7(2)5-6-8(9)10/h3-4H2,1-2H3. The molecule has 0 aromatic heterocycles. The van der Waals surface area contributed by atoms with E-state index < -0.39 is 5.03 Å². The molecule has 6 nitrogen and oxygen atoms in total. The Morgan fingerprint density at radius 1 is 1.70 bits per heavy atom. The summed E-state index contributed by atoms with van der Waals surface area (Å²) in [5.74, 6) is 0. The first-order chi connectivity index (χ1) is 4.66. The molecule has 0 aliphatic heterocycles. The van der Waals surface area contributed by atoms with E-state index in [-0.39, 0.29) is 0 Å². The molecule has 10 heavy (non-hydrogen) atoms. The number of hydrogen-bond donors (Lipinski definition) is 0. The van der Waals surface area contributed by atoms with Crippen molar-refractivity contribution in [2.45, 2.75) is 13.3 Å². The van der Waals surface area contributed by atoms with Gasteiger partial charge in [0.25, 0.3) is 0 Å². The van der Waals surface area contributed by atoms with E-state index in [0.717, 1.165) is 6.42 Å². The molecule has 0 aromatic carbocycles. The molecule has 58 valence electrons. The highest BCUT2D eigenvalue weighted by Crippen LogP contribution is 1.87. The molecule has 6 heteroatoms. The van der Waals surface area contributed by atoms with Crippen molar-refractivity contribution < 1.29 is 5.03 Å². The van der Waals surface area contributed by atoms with E-state index in [9.17, 15) is 10.1 Å². The van der Waals surface area contributed by atoms with Crippen LogP contribution in [0.15, 0.2) is 10.4 Å². The van der Waals surface area contributed by atoms with Gasteiger partial charge >= 0.3 is 0 Å². The fraction of sp³-hybridized carbons (Fsp3) is 1.00. The maximum absolute atomic E-state index is 9.63. The summed E-state index contributed by atoms with van der Waals surface area (Å²) in [5.41, 5.74) is 0. The van der Waals surface area contributed by atoms with Gasteiger partial charge in [-0.1, -0.05) is 6.92 Å². The van der Waals surface area contributed by atoms with E-state index in [0.29, 0.717) is 6.54 Å². The maximum atomic E-state index is 9.63. The smallest absolute Gasteiger partial charge is 0.207 e. The van der Waals surface area contributed by atoms with Crippen molar-refractivity contribution in [1.82, 2.24) is 5.01 Å². The van der Waals surface area contributed by atoms with Crippen LogP contribution in [-0.4, -0.2) is 23.6 Å². The molecule has 0 aliphatic rings. The Hall–Kier alpha value is -1.20. The van der Waals surface area contributed by atoms with Crippen LogP contribution < -0.4 is 0 Å². The summed E-state index contributed by atoms with van der Waals surface area (Å²) in [6, 6.07) is 0. The summed E-state index contributed by atoms with van der Waals surface area (Å²) in [6.45, 7) is 2.63. The first-order valence-electron chi connectivity index (χ1n) is 2.94. The minimum absolute atomic E-state index is 0.678. The van der Waals surface area contributed by atoms with Crippen molar-refractivity contribution in [2.24, 2.45) is 10.4 Å². The molecule has 0 saturated heterocycles. The fourth-order valence-corrected chi connectivity index (χ4v) is 0.469. The number of rotatable bonds is 4. The van der Waals surface area contributed by atoms with Gasteiger partial charge < -0.3 is 10.1 Å². The highest BCUT2D eigenvalue weighted by atomic mass is 16.7. The molecule has 0 unspecified atom stereocenters. The van der Waals surface area contributed by atoms with Crippen LogP contribution in [0.2, 0.25) is 0 Å². The molecule has 0 atom stereocenters. The van der Waals surface area contributed by atoms with Gasteiger partial charge in [0.05, 0.1) is 11.6 Å². The Bertz CT molecular complexity index is 135. The van der Waals surface area contributed by atoms with Gasteiger partial charge in [-0.3, -0.25) is 0 Å². The molecular weight excluding hydrogens is 136 g/mol. The van der Waals surface area contributed by atoms with E-state index in [1.165, 1.54) is 5.01 Å². The van der Waals surface area contributed by atoms with Gasteiger partial charge in [0.15, 0.2) is 5.22 Å². The lowest BCUT2D eigenvalue weighted by Gasteiger charge is -1.98. The lowest BCUT2D eigenvalue weighted by molar-refractivity contribution is -0.496. The molecule has 0 aromatic rings. The summed E-state index contributed by atoms with van der Waals surface area (Å²) in [4.78, 5) is 9.63. The third-order valence-corrected chi connectivity index (χ3v) is 0.813. The predicted octanol–water partition coefficient (Wildman–Crippen LogP) is 0.887. The van der Waals surface area contributed by atoms with E-state index in [4.69, 9.17) is 0 Å². The van der Waals surface area contributed by atoms with Crippen LogP contribution in [0.25, 0.3) is 0 Å². The second-order valence-corrected chi connectivity index (χ2v) is 1.80. The lowest BCUT2D eigenvalue weighted by Crippen LogP contribution is -2.11. The Morgan fingerprint density at radius 2 is 2.30 bits per heavy atom. The molecule has 0 radical (unpaired) electrons. The average molecular weight is 146 g/mol. The molecular formula is C4H10N4O2. The number of nitrogens with zero attached hydrogens (tertiary/aromatic N) is 4. The van der Waals surface area contributed by atoms with Crippen LogP contribution in [0.5, 0.6) is 0 Å². The van der Waals surface area contributed by atoms with Gasteiger partial charge in [-0.25, -0.2) is 0 Å². The Kier molecular flexibility index (Phi) is 4.10. The summed E-state index contributed by atoms with van der Waals surface area (Å²) >= 11 is 0. The second-order valence-electron chi connectivity index (χ2n) is 1.80. The Labute approximate surface area is 58.6 Å². The van der Waals surface area contributed by atoms with Crippen LogP contribution >= 0.6 is 0 Å². The quantitative estimate of drug-likeness (QED) is 0.336. The summed E-state index contributed by atoms with van der Waals surface area (Å²) < 4.78 is 0. The highest BCUT2D eigenvalue weighted by molar-refractivity contribution is 4.34. The maximum Gasteiger partial charge on any atom is 0.207 e. The minimum Gasteiger partial charge on any atom is -0.337 e. The first kappa shape index (κ1) is 8.80. The SMILES string of the molecule is CCCN(C)N=N[N+](=O)[O-]. The van der Waals surface area contributed by atoms with Gasteiger partial charge in [-0.05, 0) is 6.42 Å². The van der Waals surface area contributed by atoms with Crippen LogP contribution in [0.1, 0.15) is 13.3 Å². The molecule has 0 rings (SSSR count). The van der Waals surface area contributed by atoms with Crippen molar-refractivity contribution in [1.29, 1.82) is 0 Å². The van der Waals surface area contributed by atoms with Gasteiger partial charge in [-0.2, -0.15) is 5.01 Å². The number of hydrogen-bond acceptors (Lipinski definition) is 3. The van der Waals surface area contributed by atoms with Crippen molar-refractivity contribution in [3.05, 3.63) is 10.1 Å². The lowest BCUT2D eigenvalue weighted by atomic mass is 10.5. The molecule has 0 N–H and O–H groups in total. The zero-order valence-corrected chi connectivity index (χ0v) is 6.02. The van der Waals surface area contributed by atoms with Gasteiger partial charge in [0.2, 0.25) is 5.22 Å². The van der Waals surface area contributed by atoms with Gasteiger partial charge in [-0.15, -0.1) is 0 Å². The molecule has 0 saturated carbocycles. The van der Waals surface area contributed by atoms with E-state index in [1.54, 1.807) is 7.05 Å². The normalized spacial score (nSPS) is 10.2. The second kappa shape index (κ2) is 4.66. The van der Waals surface area contributed by atoms with Crippen LogP contribution in [0.4, 0.5) is 0 Å². The third-order valence-electron chi connectivity index (χ3n) is 0.813. The van der Waals surface area contributed by atoms with Gasteiger partial charge in [0, 0.05) is 7.05 Å². The molecule has 0 fully saturated rings. The molecule has 0 spiro atoms. The fourth-order valence-electron chi connectivity index (χ4n) is 0.469. The van der Waals surface area contributed by atoms with E-state index in [2.05, 4.69) is 10.4 Å². The molecule has 0 amide bonds. The summed E-state index contributed by atoms with van der Waals surface area (Å²) in [6.07, 6.45) is 0.896. The first-order valence-corrected chi connectivity index (χ1v) is 2.94. The average Bonchev–Trinajstić information content (AvgIpc) is 1.85. The van der Waals surface area contributed by atoms with Crippen molar-refractivity contribution in [3.8, 4) is 0 Å². The zero-order chi connectivity index (χ0) is 7.98. The molecule has 0 heterocycles. The minimum atomic E-state index is -0.827. The zero-order valence-electron chi connectivity index (χ0n) is 6.02.